The third-order valence-corrected chi connectivity index (χ3v) is 5.50. The number of aliphatic hydroxyl groups is 1. The lowest BCUT2D eigenvalue weighted by molar-refractivity contribution is -0.134. The summed E-state index contributed by atoms with van der Waals surface area (Å²) in [4.78, 5) is 32.2. The smallest absolute Gasteiger partial charge is 0.327 e. The molecule has 9 heteroatoms. The molecular weight excluding hydrogens is 384 g/mol. The Bertz CT molecular complexity index is 869. The molecule has 148 valence electrons. The van der Waals surface area contributed by atoms with Crippen molar-refractivity contribution in [1.82, 2.24) is 19.9 Å². The minimum Gasteiger partial charge on any atom is -0.388 e. The lowest BCUT2D eigenvalue weighted by atomic mass is 9.97. The second kappa shape index (κ2) is 7.89. The van der Waals surface area contributed by atoms with Crippen LogP contribution >= 0.6 is 11.6 Å². The molecule has 3 amide bonds. The molecule has 0 bridgehead atoms. The van der Waals surface area contributed by atoms with Gasteiger partial charge in [-0.05, 0) is 37.0 Å². The molecular formula is C19H21ClN4O4. The summed E-state index contributed by atoms with van der Waals surface area (Å²) >= 11 is 5.85. The Morgan fingerprint density at radius 2 is 2.04 bits per heavy atom. The number of benzene rings is 1. The van der Waals surface area contributed by atoms with Crippen LogP contribution in [0, 0.1) is 0 Å². The molecule has 1 N–H and O–H groups in total. The van der Waals surface area contributed by atoms with Crippen molar-refractivity contribution >= 4 is 23.5 Å². The Morgan fingerprint density at radius 1 is 1.25 bits per heavy atom. The van der Waals surface area contributed by atoms with E-state index >= 15 is 0 Å². The van der Waals surface area contributed by atoms with E-state index in [1.165, 1.54) is 4.90 Å². The molecule has 2 saturated heterocycles. The maximum Gasteiger partial charge on any atom is 0.327 e. The number of fused-ring (bicyclic) bond motifs is 1. The number of carbonyl (C=O) groups is 2. The second-order valence-corrected chi connectivity index (χ2v) is 7.62. The minimum absolute atomic E-state index is 0.0118. The number of aromatic nitrogens is 2. The summed E-state index contributed by atoms with van der Waals surface area (Å²) in [6.45, 7) is 0.626. The topological polar surface area (TPSA) is 99.8 Å². The third-order valence-electron chi connectivity index (χ3n) is 5.25. The highest BCUT2D eigenvalue weighted by atomic mass is 35.5. The Kier molecular flexibility index (Phi) is 5.32. The molecule has 1 aromatic carbocycles. The van der Waals surface area contributed by atoms with E-state index < -0.39 is 6.10 Å². The third kappa shape index (κ3) is 3.88. The number of urea groups is 1. The SMILES string of the molecule is O=C1C[C@H]2CCCCN2C(=O)N1Cc1nc(C[C@H](O)c2ccc(Cl)cc2)no1. The molecule has 0 aliphatic carbocycles. The molecule has 2 aromatic rings. The van der Waals surface area contributed by atoms with Gasteiger partial charge >= 0.3 is 6.03 Å². The average Bonchev–Trinajstić information content (AvgIpc) is 3.12. The number of imide groups is 1. The van der Waals surface area contributed by atoms with E-state index in [4.69, 9.17) is 16.1 Å². The van der Waals surface area contributed by atoms with Crippen LogP contribution in [0.15, 0.2) is 28.8 Å². The molecule has 4 rings (SSSR count). The molecule has 0 radical (unpaired) electrons. The van der Waals surface area contributed by atoms with Gasteiger partial charge in [-0.25, -0.2) is 4.79 Å². The van der Waals surface area contributed by atoms with E-state index in [1.54, 1.807) is 29.2 Å². The monoisotopic (exact) mass is 404 g/mol. The molecule has 3 heterocycles. The van der Waals surface area contributed by atoms with E-state index in [-0.39, 0.29) is 36.8 Å². The normalized spacial score (nSPS) is 21.0. The van der Waals surface area contributed by atoms with Crippen molar-refractivity contribution < 1.29 is 19.2 Å². The van der Waals surface area contributed by atoms with Crippen LogP contribution in [0.1, 0.15) is 49.1 Å². The van der Waals surface area contributed by atoms with Gasteiger partial charge in [-0.2, -0.15) is 4.98 Å². The number of halogens is 1. The predicted octanol–water partition coefficient (Wildman–Crippen LogP) is 2.71. The highest BCUT2D eigenvalue weighted by Crippen LogP contribution is 2.27. The van der Waals surface area contributed by atoms with Gasteiger partial charge in [-0.3, -0.25) is 9.69 Å². The molecule has 2 atom stereocenters. The first kappa shape index (κ1) is 18.9. The fraction of sp³-hybridized carbons (Fsp3) is 0.474. The van der Waals surface area contributed by atoms with Crippen LogP contribution < -0.4 is 0 Å². The Hall–Kier alpha value is -2.45. The van der Waals surface area contributed by atoms with E-state index in [1.807, 2.05) is 0 Å². The van der Waals surface area contributed by atoms with Crippen molar-refractivity contribution in [2.24, 2.45) is 0 Å². The molecule has 0 spiro atoms. The quantitative estimate of drug-likeness (QED) is 0.822. The number of rotatable bonds is 5. The molecule has 2 fully saturated rings. The van der Waals surface area contributed by atoms with Crippen molar-refractivity contribution in [2.75, 3.05) is 6.54 Å². The summed E-state index contributed by atoms with van der Waals surface area (Å²) in [5.74, 6) is 0.273. The van der Waals surface area contributed by atoms with Crippen molar-refractivity contribution in [1.29, 1.82) is 0 Å². The van der Waals surface area contributed by atoms with Gasteiger partial charge in [-0.15, -0.1) is 0 Å². The fourth-order valence-corrected chi connectivity index (χ4v) is 3.87. The summed E-state index contributed by atoms with van der Waals surface area (Å²) in [6.07, 6.45) is 2.56. The lowest BCUT2D eigenvalue weighted by Gasteiger charge is -2.42. The lowest BCUT2D eigenvalue weighted by Crippen LogP contribution is -2.57. The summed E-state index contributed by atoms with van der Waals surface area (Å²) in [5.41, 5.74) is 0.688. The van der Waals surface area contributed by atoms with Gasteiger partial charge in [0.25, 0.3) is 0 Å². The summed E-state index contributed by atoms with van der Waals surface area (Å²) in [5, 5.41) is 14.8. The van der Waals surface area contributed by atoms with E-state index in [0.29, 0.717) is 29.4 Å². The van der Waals surface area contributed by atoms with Gasteiger partial charge in [0.05, 0.1) is 6.10 Å². The zero-order valence-corrected chi connectivity index (χ0v) is 16.0. The first-order chi connectivity index (χ1) is 13.5. The van der Waals surface area contributed by atoms with Gasteiger partial charge in [0.15, 0.2) is 5.82 Å². The van der Waals surface area contributed by atoms with Crippen molar-refractivity contribution in [3.8, 4) is 0 Å². The van der Waals surface area contributed by atoms with Crippen LogP contribution in [0.5, 0.6) is 0 Å². The minimum atomic E-state index is -0.810. The van der Waals surface area contributed by atoms with Gasteiger partial charge < -0.3 is 14.5 Å². The maximum atomic E-state index is 12.7. The van der Waals surface area contributed by atoms with Crippen molar-refractivity contribution in [3.63, 3.8) is 0 Å². The van der Waals surface area contributed by atoms with E-state index in [2.05, 4.69) is 10.1 Å². The number of amides is 3. The van der Waals surface area contributed by atoms with Crippen LogP contribution in [-0.2, 0) is 17.8 Å². The summed E-state index contributed by atoms with van der Waals surface area (Å²) in [7, 11) is 0. The molecule has 0 unspecified atom stereocenters. The number of hydrogen-bond acceptors (Lipinski definition) is 6. The molecule has 2 aliphatic heterocycles. The van der Waals surface area contributed by atoms with Gasteiger partial charge in [0, 0.05) is 30.5 Å². The Morgan fingerprint density at radius 3 is 2.82 bits per heavy atom. The van der Waals surface area contributed by atoms with Gasteiger partial charge in [0.2, 0.25) is 11.8 Å². The first-order valence-electron chi connectivity index (χ1n) is 9.37. The van der Waals surface area contributed by atoms with E-state index in [9.17, 15) is 14.7 Å². The number of hydrogen-bond donors (Lipinski definition) is 1. The van der Waals surface area contributed by atoms with Gasteiger partial charge in [-0.1, -0.05) is 28.9 Å². The standard InChI is InChI=1S/C19H21ClN4O4/c20-13-6-4-12(5-7-13)15(25)10-16-21-17(28-22-16)11-24-18(26)9-14-3-1-2-8-23(14)19(24)27/h4-7,14-15,25H,1-3,8-11H2/t14-,15+/m1/s1. The van der Waals surface area contributed by atoms with Crippen molar-refractivity contribution in [2.45, 2.75) is 50.8 Å². The van der Waals surface area contributed by atoms with Crippen LogP contribution in [0.25, 0.3) is 0 Å². The molecule has 1 aromatic heterocycles. The first-order valence-corrected chi connectivity index (χ1v) is 9.75. The summed E-state index contributed by atoms with van der Waals surface area (Å²) < 4.78 is 5.20. The highest BCUT2D eigenvalue weighted by molar-refractivity contribution is 6.30. The van der Waals surface area contributed by atoms with Gasteiger partial charge in [0.1, 0.15) is 6.54 Å². The second-order valence-electron chi connectivity index (χ2n) is 7.19. The van der Waals surface area contributed by atoms with Crippen LogP contribution in [-0.4, -0.2) is 49.6 Å². The Labute approximate surface area is 167 Å². The average molecular weight is 405 g/mol. The Balaban J connectivity index is 1.41. The molecule has 28 heavy (non-hydrogen) atoms. The number of piperidine rings is 1. The van der Waals surface area contributed by atoms with Crippen molar-refractivity contribution in [3.05, 3.63) is 46.6 Å². The zero-order valence-electron chi connectivity index (χ0n) is 15.3. The predicted molar refractivity (Wildman–Crippen MR) is 99.3 cm³/mol. The number of nitrogens with zero attached hydrogens (tertiary/aromatic N) is 4. The number of carbonyl (C=O) groups excluding carboxylic acids is 2. The van der Waals surface area contributed by atoms with Crippen LogP contribution in [0.3, 0.4) is 0 Å². The van der Waals surface area contributed by atoms with E-state index in [0.717, 1.165) is 19.3 Å². The number of aliphatic hydroxyl groups excluding tert-OH is 1. The summed E-state index contributed by atoms with van der Waals surface area (Å²) in [6, 6.07) is 6.58. The maximum absolute atomic E-state index is 12.7. The fourth-order valence-electron chi connectivity index (χ4n) is 3.74. The molecule has 8 nitrogen and oxygen atoms in total. The van der Waals surface area contributed by atoms with Crippen LogP contribution in [0.4, 0.5) is 4.79 Å². The largest absolute Gasteiger partial charge is 0.388 e. The highest BCUT2D eigenvalue weighted by Gasteiger charge is 2.40. The van der Waals surface area contributed by atoms with Crippen LogP contribution in [0.2, 0.25) is 5.02 Å². The molecule has 0 saturated carbocycles. The molecule has 2 aliphatic rings. The zero-order chi connectivity index (χ0) is 19.7.